The van der Waals surface area contributed by atoms with Gasteiger partial charge >= 0.3 is 0 Å². The molecular formula is C21H25N5O. The van der Waals surface area contributed by atoms with Gasteiger partial charge in [0.05, 0.1) is 22.8 Å². The Hall–Kier alpha value is -2.73. The second-order valence-corrected chi connectivity index (χ2v) is 7.17. The van der Waals surface area contributed by atoms with Crippen molar-refractivity contribution in [2.24, 2.45) is 5.92 Å². The largest absolute Gasteiger partial charge is 0.348 e. The fourth-order valence-electron chi connectivity index (χ4n) is 3.65. The summed E-state index contributed by atoms with van der Waals surface area (Å²) in [6.45, 7) is 6.74. The van der Waals surface area contributed by atoms with Crippen LogP contribution in [0.15, 0.2) is 42.6 Å². The molecule has 2 atom stereocenters. The number of carbonyl (C=O) groups excluding carboxylic acids is 1. The molecule has 0 radical (unpaired) electrons. The number of aryl methyl sites for hydroxylation is 1. The number of rotatable bonds is 4. The summed E-state index contributed by atoms with van der Waals surface area (Å²) in [7, 11) is 0. The van der Waals surface area contributed by atoms with Crippen LogP contribution in [0, 0.1) is 5.92 Å². The molecule has 1 aromatic carbocycles. The van der Waals surface area contributed by atoms with E-state index >= 15 is 0 Å². The van der Waals surface area contributed by atoms with E-state index in [1.165, 1.54) is 0 Å². The number of hydrogen-bond acceptors (Lipinski definition) is 4. The molecule has 3 aromatic rings. The first-order chi connectivity index (χ1) is 13.2. The molecule has 0 saturated carbocycles. The molecule has 1 aliphatic rings. The lowest BCUT2D eigenvalue weighted by molar-refractivity contribution is 0.0917. The molecule has 3 heterocycles. The SMILES string of the molecule is CCn1ncc2c(C(=O)NC3CNCCC3C)cc(-c3ccccc3)nc21. The summed E-state index contributed by atoms with van der Waals surface area (Å²) in [6, 6.07) is 12.0. The summed E-state index contributed by atoms with van der Waals surface area (Å²) >= 11 is 0. The molecule has 1 fully saturated rings. The van der Waals surface area contributed by atoms with Crippen molar-refractivity contribution in [3.8, 4) is 11.3 Å². The van der Waals surface area contributed by atoms with E-state index in [0.29, 0.717) is 18.0 Å². The molecular weight excluding hydrogens is 338 g/mol. The van der Waals surface area contributed by atoms with Crippen LogP contribution in [0.5, 0.6) is 0 Å². The number of aromatic nitrogens is 3. The number of pyridine rings is 1. The molecule has 140 valence electrons. The van der Waals surface area contributed by atoms with E-state index in [-0.39, 0.29) is 11.9 Å². The number of fused-ring (bicyclic) bond motifs is 1. The lowest BCUT2D eigenvalue weighted by Crippen LogP contribution is -2.50. The zero-order valence-corrected chi connectivity index (χ0v) is 15.8. The molecule has 0 spiro atoms. The van der Waals surface area contributed by atoms with Crippen molar-refractivity contribution in [3.63, 3.8) is 0 Å². The molecule has 2 aromatic heterocycles. The number of carbonyl (C=O) groups is 1. The molecule has 2 N–H and O–H groups in total. The van der Waals surface area contributed by atoms with E-state index in [1.54, 1.807) is 6.20 Å². The Balaban J connectivity index is 1.76. The number of amides is 1. The molecule has 6 heteroatoms. The minimum atomic E-state index is -0.0595. The number of nitrogens with zero attached hydrogens (tertiary/aromatic N) is 3. The lowest BCUT2D eigenvalue weighted by Gasteiger charge is -2.30. The van der Waals surface area contributed by atoms with Crippen LogP contribution >= 0.6 is 0 Å². The third-order valence-corrected chi connectivity index (χ3v) is 5.37. The Bertz CT molecular complexity index is 950. The molecule has 0 aliphatic carbocycles. The van der Waals surface area contributed by atoms with E-state index in [4.69, 9.17) is 4.98 Å². The zero-order chi connectivity index (χ0) is 18.8. The van der Waals surface area contributed by atoms with Gasteiger partial charge in [-0.3, -0.25) is 4.79 Å². The Kier molecular flexibility index (Phi) is 4.90. The number of benzene rings is 1. The summed E-state index contributed by atoms with van der Waals surface area (Å²) < 4.78 is 1.84. The van der Waals surface area contributed by atoms with Gasteiger partial charge in [0.15, 0.2) is 5.65 Å². The first-order valence-electron chi connectivity index (χ1n) is 9.61. The highest BCUT2D eigenvalue weighted by Gasteiger charge is 2.25. The van der Waals surface area contributed by atoms with Crippen molar-refractivity contribution in [3.05, 3.63) is 48.2 Å². The van der Waals surface area contributed by atoms with Crippen LogP contribution in [0.3, 0.4) is 0 Å². The van der Waals surface area contributed by atoms with E-state index in [0.717, 1.165) is 41.8 Å². The predicted octanol–water partition coefficient (Wildman–Crippen LogP) is 2.85. The molecule has 27 heavy (non-hydrogen) atoms. The maximum atomic E-state index is 13.1. The summed E-state index contributed by atoms with van der Waals surface area (Å²) in [5, 5.41) is 11.8. The quantitative estimate of drug-likeness (QED) is 0.748. The van der Waals surface area contributed by atoms with Crippen molar-refractivity contribution in [2.75, 3.05) is 13.1 Å². The summed E-state index contributed by atoms with van der Waals surface area (Å²) in [5.41, 5.74) is 3.17. The van der Waals surface area contributed by atoms with Crippen LogP contribution in [-0.2, 0) is 6.54 Å². The van der Waals surface area contributed by atoms with Gasteiger partial charge in [0.1, 0.15) is 0 Å². The lowest BCUT2D eigenvalue weighted by atomic mass is 9.94. The molecule has 1 amide bonds. The third-order valence-electron chi connectivity index (χ3n) is 5.37. The van der Waals surface area contributed by atoms with E-state index in [1.807, 2.05) is 48.0 Å². The number of hydrogen-bond donors (Lipinski definition) is 2. The zero-order valence-electron chi connectivity index (χ0n) is 15.8. The smallest absolute Gasteiger partial charge is 0.252 e. The normalized spacial score (nSPS) is 19.9. The second kappa shape index (κ2) is 7.48. The summed E-state index contributed by atoms with van der Waals surface area (Å²) in [5.74, 6) is 0.398. The first kappa shape index (κ1) is 17.7. The van der Waals surface area contributed by atoms with Gasteiger partial charge in [0.2, 0.25) is 0 Å². The van der Waals surface area contributed by atoms with E-state index < -0.39 is 0 Å². The third kappa shape index (κ3) is 3.45. The van der Waals surface area contributed by atoms with Crippen molar-refractivity contribution >= 4 is 16.9 Å². The van der Waals surface area contributed by atoms with Gasteiger partial charge < -0.3 is 10.6 Å². The molecule has 4 rings (SSSR count). The minimum Gasteiger partial charge on any atom is -0.348 e. The van der Waals surface area contributed by atoms with Crippen molar-refractivity contribution in [1.82, 2.24) is 25.4 Å². The van der Waals surface area contributed by atoms with Gasteiger partial charge in [0, 0.05) is 24.7 Å². The molecule has 1 saturated heterocycles. The molecule has 0 bridgehead atoms. The monoisotopic (exact) mass is 363 g/mol. The van der Waals surface area contributed by atoms with Crippen molar-refractivity contribution < 1.29 is 4.79 Å². The Labute approximate surface area is 159 Å². The molecule has 2 unspecified atom stereocenters. The molecule has 1 aliphatic heterocycles. The maximum Gasteiger partial charge on any atom is 0.252 e. The molecule has 6 nitrogen and oxygen atoms in total. The van der Waals surface area contributed by atoms with Crippen LogP contribution in [0.4, 0.5) is 0 Å². The Morgan fingerprint density at radius 2 is 2.15 bits per heavy atom. The highest BCUT2D eigenvalue weighted by molar-refractivity contribution is 6.06. The van der Waals surface area contributed by atoms with Gasteiger partial charge in [0.25, 0.3) is 5.91 Å². The predicted molar refractivity (Wildman–Crippen MR) is 107 cm³/mol. The fourth-order valence-corrected chi connectivity index (χ4v) is 3.65. The summed E-state index contributed by atoms with van der Waals surface area (Å²) in [6.07, 6.45) is 2.82. The average molecular weight is 363 g/mol. The minimum absolute atomic E-state index is 0.0595. The topological polar surface area (TPSA) is 71.8 Å². The summed E-state index contributed by atoms with van der Waals surface area (Å²) in [4.78, 5) is 17.9. The number of piperidine rings is 1. The van der Waals surface area contributed by atoms with Crippen LogP contribution in [0.1, 0.15) is 30.6 Å². The Morgan fingerprint density at radius 3 is 2.89 bits per heavy atom. The standard InChI is InChI=1S/C21H25N5O/c1-3-26-20-17(12-23-26)16(11-18(24-20)15-7-5-4-6-8-15)21(27)25-19-13-22-10-9-14(19)2/h4-8,11-12,14,19,22H,3,9-10,13H2,1-2H3,(H,25,27). The first-order valence-corrected chi connectivity index (χ1v) is 9.61. The fraction of sp³-hybridized carbons (Fsp3) is 0.381. The van der Waals surface area contributed by atoms with Crippen LogP contribution < -0.4 is 10.6 Å². The van der Waals surface area contributed by atoms with Crippen molar-refractivity contribution in [1.29, 1.82) is 0 Å². The highest BCUT2D eigenvalue weighted by atomic mass is 16.1. The van der Waals surface area contributed by atoms with E-state index in [9.17, 15) is 4.79 Å². The van der Waals surface area contributed by atoms with Gasteiger partial charge in [-0.1, -0.05) is 37.3 Å². The van der Waals surface area contributed by atoms with Crippen LogP contribution in [0.25, 0.3) is 22.3 Å². The van der Waals surface area contributed by atoms with E-state index in [2.05, 4.69) is 22.7 Å². The van der Waals surface area contributed by atoms with Gasteiger partial charge in [-0.05, 0) is 31.9 Å². The highest BCUT2D eigenvalue weighted by Crippen LogP contribution is 2.25. The number of nitrogens with one attached hydrogen (secondary N) is 2. The Morgan fingerprint density at radius 1 is 1.33 bits per heavy atom. The average Bonchev–Trinajstić information content (AvgIpc) is 3.12. The second-order valence-electron chi connectivity index (χ2n) is 7.17. The van der Waals surface area contributed by atoms with Crippen LogP contribution in [0.2, 0.25) is 0 Å². The van der Waals surface area contributed by atoms with Gasteiger partial charge in [-0.2, -0.15) is 5.10 Å². The van der Waals surface area contributed by atoms with Gasteiger partial charge in [-0.15, -0.1) is 0 Å². The van der Waals surface area contributed by atoms with Crippen LogP contribution in [-0.4, -0.2) is 39.8 Å². The van der Waals surface area contributed by atoms with Gasteiger partial charge in [-0.25, -0.2) is 9.67 Å². The van der Waals surface area contributed by atoms with Crippen molar-refractivity contribution in [2.45, 2.75) is 32.9 Å². The maximum absolute atomic E-state index is 13.1.